The van der Waals surface area contributed by atoms with Crippen LogP contribution >= 0.6 is 23.2 Å². The molecule has 0 atom stereocenters. The quantitative estimate of drug-likeness (QED) is 0.670. The molecule has 154 valence electrons. The second-order valence-corrected chi connectivity index (χ2v) is 9.17. The third-order valence-electron chi connectivity index (χ3n) is 4.30. The van der Waals surface area contributed by atoms with Crippen LogP contribution in [0.3, 0.4) is 0 Å². The molecular formula is C19H18Cl2N2O5S. The Morgan fingerprint density at radius 3 is 2.52 bits per heavy atom. The van der Waals surface area contributed by atoms with Crippen molar-refractivity contribution < 1.29 is 22.7 Å². The maximum atomic E-state index is 12.6. The number of rotatable bonds is 6. The van der Waals surface area contributed by atoms with Gasteiger partial charge in [-0.1, -0.05) is 29.3 Å². The average molecular weight is 457 g/mol. The summed E-state index contributed by atoms with van der Waals surface area (Å²) in [5.41, 5.74) is 0.331. The number of anilines is 1. The highest BCUT2D eigenvalue weighted by atomic mass is 35.5. The van der Waals surface area contributed by atoms with Crippen molar-refractivity contribution in [2.24, 2.45) is 0 Å². The minimum Gasteiger partial charge on any atom is -0.452 e. The fourth-order valence-corrected chi connectivity index (χ4v) is 4.80. The normalized spacial score (nSPS) is 14.6. The average Bonchev–Trinajstić information content (AvgIpc) is 3.24. The predicted octanol–water partition coefficient (Wildman–Crippen LogP) is 3.57. The minimum atomic E-state index is -3.60. The van der Waals surface area contributed by atoms with Gasteiger partial charge in [-0.2, -0.15) is 4.31 Å². The van der Waals surface area contributed by atoms with Gasteiger partial charge < -0.3 is 10.1 Å². The zero-order chi connectivity index (χ0) is 21.0. The lowest BCUT2D eigenvalue weighted by Crippen LogP contribution is -2.28. The summed E-state index contributed by atoms with van der Waals surface area (Å²) in [5, 5.41) is 2.98. The van der Waals surface area contributed by atoms with E-state index in [1.165, 1.54) is 40.7 Å². The van der Waals surface area contributed by atoms with Crippen LogP contribution in [0.25, 0.3) is 0 Å². The first-order chi connectivity index (χ1) is 13.8. The van der Waals surface area contributed by atoms with Crippen LogP contribution in [0.2, 0.25) is 10.0 Å². The van der Waals surface area contributed by atoms with E-state index in [9.17, 15) is 18.0 Å². The fraction of sp³-hybridized carbons (Fsp3) is 0.263. The van der Waals surface area contributed by atoms with Crippen LogP contribution < -0.4 is 5.32 Å². The molecule has 29 heavy (non-hydrogen) atoms. The molecule has 3 rings (SSSR count). The number of carbonyl (C=O) groups excluding carboxylic acids is 2. The topological polar surface area (TPSA) is 92.8 Å². The Bertz CT molecular complexity index is 1040. The predicted molar refractivity (Wildman–Crippen MR) is 110 cm³/mol. The van der Waals surface area contributed by atoms with Crippen LogP contribution in [0.15, 0.2) is 47.4 Å². The van der Waals surface area contributed by atoms with Crippen molar-refractivity contribution in [1.29, 1.82) is 0 Å². The highest BCUT2D eigenvalue weighted by molar-refractivity contribution is 7.89. The van der Waals surface area contributed by atoms with Crippen molar-refractivity contribution in [1.82, 2.24) is 4.31 Å². The zero-order valence-corrected chi connectivity index (χ0v) is 17.6. The molecule has 0 aliphatic carbocycles. The molecule has 1 heterocycles. The van der Waals surface area contributed by atoms with E-state index in [1.807, 2.05) is 0 Å². The molecule has 10 heteroatoms. The minimum absolute atomic E-state index is 0.0469. The maximum Gasteiger partial charge on any atom is 0.340 e. The number of benzene rings is 2. The largest absolute Gasteiger partial charge is 0.452 e. The molecule has 0 bridgehead atoms. The van der Waals surface area contributed by atoms with Gasteiger partial charge >= 0.3 is 5.97 Å². The molecule has 0 spiro atoms. The van der Waals surface area contributed by atoms with Crippen LogP contribution in [0.1, 0.15) is 23.2 Å². The number of carbonyl (C=O) groups is 2. The highest BCUT2D eigenvalue weighted by Crippen LogP contribution is 2.23. The number of hydrogen-bond acceptors (Lipinski definition) is 5. The van der Waals surface area contributed by atoms with Crippen LogP contribution in [0, 0.1) is 0 Å². The standard InChI is InChI=1S/C19H18Cl2N2O5S/c20-13-6-7-17(21)16(10-13)19(25)28-12-18(24)22-14-4-3-5-15(11-14)29(26,27)23-8-1-2-9-23/h3-7,10-11H,1-2,8-9,12H2,(H,22,24). The second kappa shape index (κ2) is 9.13. The third kappa shape index (κ3) is 5.27. The number of halogens is 2. The van der Waals surface area contributed by atoms with Crippen LogP contribution in [-0.2, 0) is 19.6 Å². The Labute approximate surface area is 178 Å². The van der Waals surface area contributed by atoms with Gasteiger partial charge in [0.05, 0.1) is 15.5 Å². The molecule has 2 aromatic rings. The van der Waals surface area contributed by atoms with E-state index < -0.39 is 28.5 Å². The van der Waals surface area contributed by atoms with E-state index in [0.717, 1.165) is 12.8 Å². The molecule has 7 nitrogen and oxygen atoms in total. The molecule has 0 aromatic heterocycles. The summed E-state index contributed by atoms with van der Waals surface area (Å²) in [7, 11) is -3.60. The molecular weight excluding hydrogens is 439 g/mol. The smallest absolute Gasteiger partial charge is 0.340 e. The number of amides is 1. The Morgan fingerprint density at radius 1 is 1.07 bits per heavy atom. The number of nitrogens with zero attached hydrogens (tertiary/aromatic N) is 1. The molecule has 1 aliphatic heterocycles. The number of nitrogens with one attached hydrogen (secondary N) is 1. The van der Waals surface area contributed by atoms with Gasteiger partial charge in [0.15, 0.2) is 6.61 Å². The number of sulfonamides is 1. The Morgan fingerprint density at radius 2 is 1.79 bits per heavy atom. The van der Waals surface area contributed by atoms with Crippen molar-refractivity contribution in [3.63, 3.8) is 0 Å². The monoisotopic (exact) mass is 456 g/mol. The van der Waals surface area contributed by atoms with Crippen molar-refractivity contribution in [2.45, 2.75) is 17.7 Å². The van der Waals surface area contributed by atoms with E-state index in [1.54, 1.807) is 6.07 Å². The summed E-state index contributed by atoms with van der Waals surface area (Å²) in [6.45, 7) is 0.409. The number of esters is 1. The maximum absolute atomic E-state index is 12.6. The van der Waals surface area contributed by atoms with E-state index in [0.29, 0.717) is 18.1 Å². The lowest BCUT2D eigenvalue weighted by Gasteiger charge is -2.16. The van der Waals surface area contributed by atoms with Gasteiger partial charge in [-0.3, -0.25) is 4.79 Å². The molecule has 0 saturated carbocycles. The number of ether oxygens (including phenoxy) is 1. The molecule has 1 amide bonds. The lowest BCUT2D eigenvalue weighted by atomic mass is 10.2. The zero-order valence-electron chi connectivity index (χ0n) is 15.2. The Balaban J connectivity index is 1.62. The van der Waals surface area contributed by atoms with Crippen molar-refractivity contribution in [3.8, 4) is 0 Å². The summed E-state index contributed by atoms with van der Waals surface area (Å²) in [4.78, 5) is 24.3. The van der Waals surface area contributed by atoms with E-state index >= 15 is 0 Å². The van der Waals surface area contributed by atoms with Gasteiger partial charge in [-0.25, -0.2) is 13.2 Å². The first-order valence-electron chi connectivity index (χ1n) is 8.79. The van der Waals surface area contributed by atoms with Gasteiger partial charge in [-0.15, -0.1) is 0 Å². The van der Waals surface area contributed by atoms with Crippen LogP contribution in [-0.4, -0.2) is 44.3 Å². The highest BCUT2D eigenvalue weighted by Gasteiger charge is 2.27. The molecule has 0 unspecified atom stereocenters. The van der Waals surface area contributed by atoms with E-state index in [2.05, 4.69) is 5.32 Å². The van der Waals surface area contributed by atoms with Crippen LogP contribution in [0.5, 0.6) is 0 Å². The first kappa shape index (κ1) is 21.6. The van der Waals surface area contributed by atoms with Gasteiger partial charge in [-0.05, 0) is 49.2 Å². The third-order valence-corrected chi connectivity index (χ3v) is 6.76. The summed E-state index contributed by atoms with van der Waals surface area (Å²) in [6.07, 6.45) is 1.66. The summed E-state index contributed by atoms with van der Waals surface area (Å²) in [6, 6.07) is 10.3. The molecule has 1 N–H and O–H groups in total. The van der Waals surface area contributed by atoms with E-state index in [4.69, 9.17) is 27.9 Å². The van der Waals surface area contributed by atoms with Gasteiger partial charge in [0.25, 0.3) is 5.91 Å². The molecule has 2 aromatic carbocycles. The molecule has 0 radical (unpaired) electrons. The Hall–Kier alpha value is -2.13. The molecule has 1 saturated heterocycles. The van der Waals surface area contributed by atoms with Crippen molar-refractivity contribution in [3.05, 3.63) is 58.1 Å². The van der Waals surface area contributed by atoms with Gasteiger partial charge in [0.2, 0.25) is 10.0 Å². The molecule has 1 fully saturated rings. The summed E-state index contributed by atoms with van der Waals surface area (Å²) >= 11 is 11.8. The van der Waals surface area contributed by atoms with E-state index in [-0.39, 0.29) is 21.2 Å². The molecule has 1 aliphatic rings. The first-order valence-corrected chi connectivity index (χ1v) is 11.0. The van der Waals surface area contributed by atoms with Gasteiger partial charge in [0, 0.05) is 23.8 Å². The summed E-state index contributed by atoms with van der Waals surface area (Å²) in [5.74, 6) is -1.41. The van der Waals surface area contributed by atoms with Crippen LogP contribution in [0.4, 0.5) is 5.69 Å². The SMILES string of the molecule is O=C(COC(=O)c1cc(Cl)ccc1Cl)Nc1cccc(S(=O)(=O)N2CCCC2)c1. The fourth-order valence-electron chi connectivity index (χ4n) is 2.87. The van der Waals surface area contributed by atoms with Crippen molar-refractivity contribution >= 4 is 50.8 Å². The lowest BCUT2D eigenvalue weighted by molar-refractivity contribution is -0.119. The van der Waals surface area contributed by atoms with Gasteiger partial charge in [0.1, 0.15) is 0 Å². The Kier molecular flexibility index (Phi) is 6.79. The second-order valence-electron chi connectivity index (χ2n) is 6.39. The summed E-state index contributed by atoms with van der Waals surface area (Å²) < 4.78 is 31.6. The van der Waals surface area contributed by atoms with Crippen molar-refractivity contribution in [2.75, 3.05) is 25.0 Å². The number of hydrogen-bond donors (Lipinski definition) is 1.